The van der Waals surface area contributed by atoms with Crippen molar-refractivity contribution in [1.82, 2.24) is 5.32 Å². The molecule has 1 heterocycles. The molecule has 0 aliphatic carbocycles. The molecule has 0 bridgehead atoms. The van der Waals surface area contributed by atoms with Crippen LogP contribution in [0.15, 0.2) is 47.4 Å². The van der Waals surface area contributed by atoms with Crippen LogP contribution in [0.2, 0.25) is 0 Å². The Labute approximate surface area is 179 Å². The maximum Gasteiger partial charge on any atom is 0.264 e. The molecule has 1 atom stereocenters. The van der Waals surface area contributed by atoms with Gasteiger partial charge in [-0.25, -0.2) is 8.42 Å². The molecule has 2 aromatic rings. The molecular weight excluding hydrogens is 400 g/mol. The van der Waals surface area contributed by atoms with Gasteiger partial charge in [0.05, 0.1) is 16.7 Å². The second kappa shape index (κ2) is 9.18. The number of sulfonamides is 1. The fourth-order valence-electron chi connectivity index (χ4n) is 3.63. The number of carbonyl (C=O) groups is 1. The van der Waals surface area contributed by atoms with Crippen molar-refractivity contribution in [2.75, 3.05) is 17.5 Å². The molecule has 2 aromatic carbocycles. The highest BCUT2D eigenvalue weighted by Gasteiger charge is 2.36. The van der Waals surface area contributed by atoms with E-state index in [1.54, 1.807) is 42.5 Å². The Hall–Kier alpha value is -2.38. The van der Waals surface area contributed by atoms with E-state index in [0.29, 0.717) is 30.8 Å². The molecule has 7 heteroatoms. The summed E-state index contributed by atoms with van der Waals surface area (Å²) in [7, 11) is -3.66. The van der Waals surface area contributed by atoms with Crippen molar-refractivity contribution in [3.8, 4) is 0 Å². The van der Waals surface area contributed by atoms with Gasteiger partial charge in [0, 0.05) is 24.8 Å². The number of nitrogens with zero attached hydrogens (tertiary/aromatic N) is 1. The minimum Gasteiger partial charge on any atom is -0.379 e. The molecule has 30 heavy (non-hydrogen) atoms. The summed E-state index contributed by atoms with van der Waals surface area (Å²) < 4.78 is 33.4. The minimum absolute atomic E-state index is 0.158. The first-order valence-corrected chi connectivity index (χ1v) is 11.8. The van der Waals surface area contributed by atoms with Gasteiger partial charge in [0.15, 0.2) is 0 Å². The highest BCUT2D eigenvalue weighted by atomic mass is 32.2. The summed E-state index contributed by atoms with van der Waals surface area (Å²) in [6.45, 7) is 8.91. The normalized spacial score (nSPS) is 16.0. The molecule has 162 valence electrons. The lowest BCUT2D eigenvalue weighted by molar-refractivity contribution is 0.0757. The number of aryl methyl sites for hydroxylation is 1. The first kappa shape index (κ1) is 22.3. The topological polar surface area (TPSA) is 75.7 Å². The summed E-state index contributed by atoms with van der Waals surface area (Å²) in [5, 5.41) is 2.90. The standard InChI is InChI=1S/C23H30N2O4S/c1-16(2)29-13-5-12-24-23(26)19-8-11-22-20(15-19)14-18(4)25(22)30(27,28)21-9-6-17(3)7-10-21/h6-11,15-16,18H,5,12-14H2,1-4H3,(H,24,26)/t18-/m1/s1. The van der Waals surface area contributed by atoms with Crippen LogP contribution >= 0.6 is 0 Å². The highest BCUT2D eigenvalue weighted by Crippen LogP contribution is 2.37. The third-order valence-electron chi connectivity index (χ3n) is 5.13. The van der Waals surface area contributed by atoms with Crippen LogP contribution < -0.4 is 9.62 Å². The maximum atomic E-state index is 13.2. The molecular formula is C23H30N2O4S. The van der Waals surface area contributed by atoms with Crippen LogP contribution in [0.4, 0.5) is 5.69 Å². The van der Waals surface area contributed by atoms with Crippen molar-refractivity contribution in [3.05, 3.63) is 59.2 Å². The van der Waals surface area contributed by atoms with E-state index in [9.17, 15) is 13.2 Å². The van der Waals surface area contributed by atoms with Crippen molar-refractivity contribution >= 4 is 21.6 Å². The third kappa shape index (κ3) is 4.84. The van der Waals surface area contributed by atoms with E-state index in [0.717, 1.165) is 17.5 Å². The number of benzene rings is 2. The quantitative estimate of drug-likeness (QED) is 0.648. The average Bonchev–Trinajstić information content (AvgIpc) is 3.03. The van der Waals surface area contributed by atoms with Gasteiger partial charge in [0.25, 0.3) is 15.9 Å². The van der Waals surface area contributed by atoms with Crippen LogP contribution in [0, 0.1) is 6.92 Å². The molecule has 6 nitrogen and oxygen atoms in total. The van der Waals surface area contributed by atoms with Crippen molar-refractivity contribution in [2.24, 2.45) is 0 Å². The van der Waals surface area contributed by atoms with Gasteiger partial charge in [-0.1, -0.05) is 17.7 Å². The SMILES string of the molecule is Cc1ccc(S(=O)(=O)N2c3ccc(C(=O)NCCCOC(C)C)cc3C[C@H]2C)cc1. The molecule has 0 saturated heterocycles. The number of hydrogen-bond acceptors (Lipinski definition) is 4. The average molecular weight is 431 g/mol. The number of nitrogens with one attached hydrogen (secondary N) is 1. The molecule has 0 unspecified atom stereocenters. The van der Waals surface area contributed by atoms with Gasteiger partial charge < -0.3 is 10.1 Å². The van der Waals surface area contributed by atoms with Crippen molar-refractivity contribution in [3.63, 3.8) is 0 Å². The summed E-state index contributed by atoms with van der Waals surface area (Å²) in [5.41, 5.74) is 3.06. The zero-order chi connectivity index (χ0) is 21.9. The fourth-order valence-corrected chi connectivity index (χ4v) is 5.32. The zero-order valence-corrected chi connectivity index (χ0v) is 18.8. The summed E-state index contributed by atoms with van der Waals surface area (Å²) in [6.07, 6.45) is 1.50. The second-order valence-corrected chi connectivity index (χ2v) is 9.85. The van der Waals surface area contributed by atoms with Gasteiger partial charge in [-0.15, -0.1) is 0 Å². The van der Waals surface area contributed by atoms with Gasteiger partial charge in [-0.05, 0) is 76.4 Å². The molecule has 0 spiro atoms. The molecule has 0 radical (unpaired) electrons. The van der Waals surface area contributed by atoms with Gasteiger partial charge in [-0.2, -0.15) is 0 Å². The van der Waals surface area contributed by atoms with Gasteiger partial charge in [-0.3, -0.25) is 9.10 Å². The summed E-state index contributed by atoms with van der Waals surface area (Å²) in [5.74, 6) is -0.158. The monoisotopic (exact) mass is 430 g/mol. The minimum atomic E-state index is -3.66. The first-order chi connectivity index (χ1) is 14.2. The summed E-state index contributed by atoms with van der Waals surface area (Å²) in [4.78, 5) is 12.7. The predicted molar refractivity (Wildman–Crippen MR) is 118 cm³/mol. The number of rotatable bonds is 8. The predicted octanol–water partition coefficient (Wildman–Crippen LogP) is 3.68. The Morgan fingerprint density at radius 2 is 1.90 bits per heavy atom. The van der Waals surface area contributed by atoms with E-state index in [-0.39, 0.29) is 22.9 Å². The van der Waals surface area contributed by atoms with Crippen LogP contribution in [0.1, 0.15) is 48.7 Å². The van der Waals surface area contributed by atoms with Crippen molar-refractivity contribution in [1.29, 1.82) is 0 Å². The lowest BCUT2D eigenvalue weighted by Crippen LogP contribution is -2.35. The van der Waals surface area contributed by atoms with Crippen molar-refractivity contribution < 1.29 is 17.9 Å². The highest BCUT2D eigenvalue weighted by molar-refractivity contribution is 7.92. The smallest absolute Gasteiger partial charge is 0.264 e. The zero-order valence-electron chi connectivity index (χ0n) is 18.0. The second-order valence-electron chi connectivity index (χ2n) is 8.04. The van der Waals surface area contributed by atoms with E-state index >= 15 is 0 Å². The van der Waals surface area contributed by atoms with E-state index < -0.39 is 10.0 Å². The number of anilines is 1. The number of fused-ring (bicyclic) bond motifs is 1. The van der Waals surface area contributed by atoms with E-state index in [2.05, 4.69) is 5.32 Å². The molecule has 0 aromatic heterocycles. The Morgan fingerprint density at radius 3 is 2.57 bits per heavy atom. The van der Waals surface area contributed by atoms with Crippen LogP contribution in [-0.2, 0) is 21.2 Å². The lowest BCUT2D eigenvalue weighted by atomic mass is 10.1. The molecule has 1 N–H and O–H groups in total. The van der Waals surface area contributed by atoms with E-state index in [1.165, 1.54) is 4.31 Å². The van der Waals surface area contributed by atoms with Gasteiger partial charge in [0.2, 0.25) is 0 Å². The Bertz CT molecular complexity index is 1000. The molecule has 0 saturated carbocycles. The lowest BCUT2D eigenvalue weighted by Gasteiger charge is -2.24. The van der Waals surface area contributed by atoms with Crippen LogP contribution in [-0.4, -0.2) is 39.6 Å². The molecule has 3 rings (SSSR count). The summed E-state index contributed by atoms with van der Waals surface area (Å²) in [6, 6.07) is 11.9. The molecule has 1 aliphatic rings. The first-order valence-electron chi connectivity index (χ1n) is 10.3. The number of amides is 1. The third-order valence-corrected chi connectivity index (χ3v) is 7.07. The van der Waals surface area contributed by atoms with Crippen LogP contribution in [0.5, 0.6) is 0 Å². The number of carbonyl (C=O) groups excluding carboxylic acids is 1. The van der Waals surface area contributed by atoms with Gasteiger partial charge in [0.1, 0.15) is 0 Å². The Morgan fingerprint density at radius 1 is 1.20 bits per heavy atom. The number of ether oxygens (including phenoxy) is 1. The van der Waals surface area contributed by atoms with E-state index in [1.807, 2.05) is 27.7 Å². The largest absolute Gasteiger partial charge is 0.379 e. The number of hydrogen-bond donors (Lipinski definition) is 1. The van der Waals surface area contributed by atoms with Crippen LogP contribution in [0.25, 0.3) is 0 Å². The Kier molecular flexibility index (Phi) is 6.83. The summed E-state index contributed by atoms with van der Waals surface area (Å²) >= 11 is 0. The molecule has 1 aliphatic heterocycles. The maximum absolute atomic E-state index is 13.2. The van der Waals surface area contributed by atoms with Gasteiger partial charge >= 0.3 is 0 Å². The van der Waals surface area contributed by atoms with Crippen molar-refractivity contribution in [2.45, 2.75) is 57.6 Å². The molecule has 0 fully saturated rings. The Balaban J connectivity index is 1.74. The van der Waals surface area contributed by atoms with E-state index in [4.69, 9.17) is 4.74 Å². The fraction of sp³-hybridized carbons (Fsp3) is 0.435. The van der Waals surface area contributed by atoms with Crippen LogP contribution in [0.3, 0.4) is 0 Å². The molecule has 1 amide bonds.